The Hall–Kier alpha value is -0.830. The van der Waals surface area contributed by atoms with E-state index in [2.05, 4.69) is 25.9 Å². The van der Waals surface area contributed by atoms with Gasteiger partial charge in [-0.25, -0.2) is 0 Å². The van der Waals surface area contributed by atoms with Crippen LogP contribution in [0.15, 0.2) is 12.3 Å². The third-order valence-electron chi connectivity index (χ3n) is 3.55. The zero-order valence-electron chi connectivity index (χ0n) is 10.7. The van der Waals surface area contributed by atoms with Crippen LogP contribution in [0.5, 0.6) is 0 Å². The topological polar surface area (TPSA) is 38.0 Å². The van der Waals surface area contributed by atoms with E-state index in [0.717, 1.165) is 18.5 Å². The number of aromatic nitrogens is 2. The van der Waals surface area contributed by atoms with E-state index in [1.165, 1.54) is 6.42 Å². The molecule has 0 spiro atoms. The highest BCUT2D eigenvalue weighted by Gasteiger charge is 2.43. The summed E-state index contributed by atoms with van der Waals surface area (Å²) in [5, 5.41) is 15.2. The van der Waals surface area contributed by atoms with E-state index in [1.807, 2.05) is 19.3 Å². The maximum Gasteiger partial charge on any atom is 0.109 e. The normalized spacial score (nSPS) is 33.9. The van der Waals surface area contributed by atoms with Crippen molar-refractivity contribution >= 4 is 0 Å². The summed E-state index contributed by atoms with van der Waals surface area (Å²) in [4.78, 5) is 0. The van der Waals surface area contributed by atoms with Crippen LogP contribution in [0.25, 0.3) is 0 Å². The number of aryl methyl sites for hydroxylation is 1. The fourth-order valence-corrected chi connectivity index (χ4v) is 3.39. The molecule has 0 bridgehead atoms. The summed E-state index contributed by atoms with van der Waals surface area (Å²) in [5.41, 5.74) is 0.293. The molecular formula is C13H22N2O. The van der Waals surface area contributed by atoms with Gasteiger partial charge in [-0.3, -0.25) is 4.68 Å². The maximum absolute atomic E-state index is 10.8. The van der Waals surface area contributed by atoms with Gasteiger partial charge in [0, 0.05) is 13.2 Å². The Bertz CT molecular complexity index is 383. The molecule has 2 unspecified atom stereocenters. The van der Waals surface area contributed by atoms with Gasteiger partial charge < -0.3 is 5.11 Å². The Labute approximate surface area is 97.5 Å². The molecule has 1 N–H and O–H groups in total. The molecule has 0 radical (unpaired) electrons. The second-order valence-electron chi connectivity index (χ2n) is 6.26. The number of rotatable bonds is 1. The van der Waals surface area contributed by atoms with Gasteiger partial charge in [-0.1, -0.05) is 20.8 Å². The quantitative estimate of drug-likeness (QED) is 0.792. The zero-order valence-corrected chi connectivity index (χ0v) is 10.7. The largest absolute Gasteiger partial charge is 0.383 e. The van der Waals surface area contributed by atoms with E-state index in [1.54, 1.807) is 4.68 Å². The SMILES string of the molecule is CC1CC(C)(C)CC(O)(c2ccn(C)n2)C1. The minimum atomic E-state index is -0.734. The van der Waals surface area contributed by atoms with Crippen LogP contribution >= 0.6 is 0 Å². The molecule has 1 saturated carbocycles. The second kappa shape index (κ2) is 3.59. The van der Waals surface area contributed by atoms with Gasteiger partial charge in [0.1, 0.15) is 5.60 Å². The van der Waals surface area contributed by atoms with E-state index < -0.39 is 5.60 Å². The van der Waals surface area contributed by atoms with Crippen LogP contribution in [0.2, 0.25) is 0 Å². The molecule has 2 rings (SSSR count). The first-order chi connectivity index (χ1) is 7.31. The van der Waals surface area contributed by atoms with Crippen molar-refractivity contribution in [1.29, 1.82) is 0 Å². The van der Waals surface area contributed by atoms with E-state index in [0.29, 0.717) is 5.92 Å². The third-order valence-corrected chi connectivity index (χ3v) is 3.55. The van der Waals surface area contributed by atoms with Gasteiger partial charge in [0.15, 0.2) is 0 Å². The number of hydrogen-bond donors (Lipinski definition) is 1. The van der Waals surface area contributed by atoms with Gasteiger partial charge in [0.25, 0.3) is 0 Å². The zero-order chi connectivity index (χ0) is 12.0. The average Bonchev–Trinajstić information content (AvgIpc) is 2.47. The predicted molar refractivity (Wildman–Crippen MR) is 63.9 cm³/mol. The molecule has 0 amide bonds. The Morgan fingerprint density at radius 3 is 2.62 bits per heavy atom. The van der Waals surface area contributed by atoms with Crippen molar-refractivity contribution in [2.75, 3.05) is 0 Å². The van der Waals surface area contributed by atoms with E-state index in [4.69, 9.17) is 0 Å². The first kappa shape index (κ1) is 11.6. The summed E-state index contributed by atoms with van der Waals surface area (Å²) in [5.74, 6) is 0.552. The molecule has 1 aliphatic rings. The van der Waals surface area contributed by atoms with Crippen LogP contribution in [0.3, 0.4) is 0 Å². The lowest BCUT2D eigenvalue weighted by Crippen LogP contribution is -2.40. The summed E-state index contributed by atoms with van der Waals surface area (Å²) >= 11 is 0. The van der Waals surface area contributed by atoms with Crippen molar-refractivity contribution < 1.29 is 5.11 Å². The van der Waals surface area contributed by atoms with Gasteiger partial charge >= 0.3 is 0 Å². The minimum absolute atomic E-state index is 0.198. The van der Waals surface area contributed by atoms with Crippen LogP contribution in [0, 0.1) is 11.3 Å². The second-order valence-corrected chi connectivity index (χ2v) is 6.26. The molecule has 1 aliphatic carbocycles. The molecule has 1 aromatic rings. The highest BCUT2D eigenvalue weighted by atomic mass is 16.3. The molecule has 0 aliphatic heterocycles. The molecule has 3 nitrogen and oxygen atoms in total. The van der Waals surface area contributed by atoms with Gasteiger partial charge in [-0.2, -0.15) is 5.10 Å². The lowest BCUT2D eigenvalue weighted by Gasteiger charge is -2.43. The van der Waals surface area contributed by atoms with Crippen molar-refractivity contribution in [3.8, 4) is 0 Å². The number of aliphatic hydroxyl groups is 1. The van der Waals surface area contributed by atoms with E-state index >= 15 is 0 Å². The number of hydrogen-bond acceptors (Lipinski definition) is 2. The van der Waals surface area contributed by atoms with Crippen LogP contribution in [-0.4, -0.2) is 14.9 Å². The van der Waals surface area contributed by atoms with Crippen LogP contribution < -0.4 is 0 Å². The van der Waals surface area contributed by atoms with Crippen LogP contribution in [0.1, 0.15) is 45.7 Å². The van der Waals surface area contributed by atoms with Gasteiger partial charge in [0.05, 0.1) is 5.69 Å². The minimum Gasteiger partial charge on any atom is -0.383 e. The van der Waals surface area contributed by atoms with Crippen molar-refractivity contribution in [1.82, 2.24) is 9.78 Å². The highest BCUT2D eigenvalue weighted by Crippen LogP contribution is 2.47. The number of nitrogens with zero attached hydrogens (tertiary/aromatic N) is 2. The molecule has 16 heavy (non-hydrogen) atoms. The molecule has 1 fully saturated rings. The van der Waals surface area contributed by atoms with Crippen molar-refractivity contribution in [2.45, 2.75) is 45.6 Å². The molecule has 2 atom stereocenters. The van der Waals surface area contributed by atoms with Crippen molar-refractivity contribution in [2.24, 2.45) is 18.4 Å². The first-order valence-corrected chi connectivity index (χ1v) is 6.03. The monoisotopic (exact) mass is 222 g/mol. The molecule has 0 aromatic carbocycles. The molecule has 90 valence electrons. The molecular weight excluding hydrogens is 200 g/mol. The van der Waals surface area contributed by atoms with Crippen molar-refractivity contribution in [3.05, 3.63) is 18.0 Å². The summed E-state index contributed by atoms with van der Waals surface area (Å²) in [6.45, 7) is 6.68. The first-order valence-electron chi connectivity index (χ1n) is 6.03. The fraction of sp³-hybridized carbons (Fsp3) is 0.769. The molecule has 1 heterocycles. The lowest BCUT2D eigenvalue weighted by atomic mass is 9.65. The van der Waals surface area contributed by atoms with E-state index in [-0.39, 0.29) is 5.41 Å². The Morgan fingerprint density at radius 2 is 2.12 bits per heavy atom. The van der Waals surface area contributed by atoms with Gasteiger partial charge in [0.2, 0.25) is 0 Å². The molecule has 3 heteroatoms. The summed E-state index contributed by atoms with van der Waals surface area (Å²) in [6, 6.07) is 1.94. The molecule has 0 saturated heterocycles. The lowest BCUT2D eigenvalue weighted by molar-refractivity contribution is -0.0668. The fourth-order valence-electron chi connectivity index (χ4n) is 3.39. The summed E-state index contributed by atoms with van der Waals surface area (Å²) < 4.78 is 1.76. The van der Waals surface area contributed by atoms with Gasteiger partial charge in [-0.15, -0.1) is 0 Å². The van der Waals surface area contributed by atoms with Crippen LogP contribution in [0.4, 0.5) is 0 Å². The maximum atomic E-state index is 10.8. The standard InChI is InChI=1S/C13H22N2O/c1-10-7-12(2,3)9-13(16,8-10)11-5-6-15(4)14-11/h5-6,10,16H,7-9H2,1-4H3. The molecule has 1 aromatic heterocycles. The Balaban J connectivity index is 2.30. The average molecular weight is 222 g/mol. The van der Waals surface area contributed by atoms with E-state index in [9.17, 15) is 5.11 Å². The van der Waals surface area contributed by atoms with Crippen molar-refractivity contribution in [3.63, 3.8) is 0 Å². The summed E-state index contributed by atoms with van der Waals surface area (Å²) in [6.07, 6.45) is 4.72. The summed E-state index contributed by atoms with van der Waals surface area (Å²) in [7, 11) is 1.89. The smallest absolute Gasteiger partial charge is 0.109 e. The third kappa shape index (κ3) is 2.14. The Morgan fingerprint density at radius 1 is 1.44 bits per heavy atom. The predicted octanol–water partition coefficient (Wildman–Crippen LogP) is 2.45. The van der Waals surface area contributed by atoms with Gasteiger partial charge in [-0.05, 0) is 36.7 Å². The highest BCUT2D eigenvalue weighted by molar-refractivity contribution is 5.13. The Kier molecular flexibility index (Phi) is 2.61. The van der Waals surface area contributed by atoms with Crippen LogP contribution in [-0.2, 0) is 12.6 Å².